The van der Waals surface area contributed by atoms with Crippen molar-refractivity contribution in [3.63, 3.8) is 0 Å². The van der Waals surface area contributed by atoms with Crippen molar-refractivity contribution in [3.8, 4) is 0 Å². The van der Waals surface area contributed by atoms with Crippen LogP contribution in [0.3, 0.4) is 0 Å². The molecule has 17 heavy (non-hydrogen) atoms. The number of nitrogens with one attached hydrogen (secondary N) is 1. The molecule has 0 spiro atoms. The number of benzene rings is 1. The number of aromatic nitrogens is 1. The van der Waals surface area contributed by atoms with E-state index in [1.54, 1.807) is 11.3 Å². The second kappa shape index (κ2) is 5.23. The molecule has 0 aliphatic carbocycles. The molecule has 0 amide bonds. The molecule has 2 nitrogen and oxygen atoms in total. The molecular weight excluding hydrogens is 252 g/mol. The summed E-state index contributed by atoms with van der Waals surface area (Å²) in [6.07, 6.45) is 1.08. The van der Waals surface area contributed by atoms with E-state index in [1.165, 1.54) is 4.70 Å². The maximum atomic E-state index is 6.27. The van der Waals surface area contributed by atoms with Gasteiger partial charge in [-0.05, 0) is 24.5 Å². The van der Waals surface area contributed by atoms with Crippen molar-refractivity contribution in [1.82, 2.24) is 4.98 Å². The van der Waals surface area contributed by atoms with E-state index in [0.29, 0.717) is 12.0 Å². The average molecular weight is 269 g/mol. The fourth-order valence-corrected chi connectivity index (χ4v) is 2.86. The van der Waals surface area contributed by atoms with Gasteiger partial charge in [-0.1, -0.05) is 32.4 Å². The Morgan fingerprint density at radius 2 is 2.18 bits per heavy atom. The molecule has 2 aromatic rings. The van der Waals surface area contributed by atoms with Crippen LogP contribution in [0.2, 0.25) is 5.02 Å². The first-order valence-corrected chi connectivity index (χ1v) is 7.17. The Hall–Kier alpha value is -0.800. The largest absolute Gasteiger partial charge is 0.379 e. The Bertz CT molecular complexity index is 507. The van der Waals surface area contributed by atoms with Gasteiger partial charge in [-0.15, -0.1) is 11.3 Å². The number of anilines is 1. The zero-order chi connectivity index (χ0) is 12.4. The van der Waals surface area contributed by atoms with Gasteiger partial charge in [-0.3, -0.25) is 0 Å². The lowest BCUT2D eigenvalue weighted by atomic mass is 10.0. The molecule has 1 aromatic heterocycles. The summed E-state index contributed by atoms with van der Waals surface area (Å²) in [5.41, 5.74) is 3.83. The lowest BCUT2D eigenvalue weighted by Gasteiger charge is -2.22. The summed E-state index contributed by atoms with van der Waals surface area (Å²) in [5, 5.41) is 4.29. The maximum Gasteiger partial charge on any atom is 0.106 e. The summed E-state index contributed by atoms with van der Waals surface area (Å²) in [5.74, 6) is 0.574. The highest BCUT2D eigenvalue weighted by atomic mass is 35.5. The highest BCUT2D eigenvalue weighted by molar-refractivity contribution is 7.16. The van der Waals surface area contributed by atoms with Gasteiger partial charge in [0.05, 0.1) is 20.9 Å². The lowest BCUT2D eigenvalue weighted by Crippen LogP contribution is -2.24. The van der Waals surface area contributed by atoms with Crippen molar-refractivity contribution >= 4 is 38.8 Å². The van der Waals surface area contributed by atoms with Crippen LogP contribution in [0.15, 0.2) is 17.6 Å². The van der Waals surface area contributed by atoms with Crippen LogP contribution >= 0.6 is 22.9 Å². The van der Waals surface area contributed by atoms with Gasteiger partial charge >= 0.3 is 0 Å². The minimum atomic E-state index is 0.430. The number of rotatable bonds is 4. The van der Waals surface area contributed by atoms with Crippen molar-refractivity contribution in [2.45, 2.75) is 33.2 Å². The average Bonchev–Trinajstić information content (AvgIpc) is 2.75. The molecule has 0 saturated heterocycles. The molecule has 1 N–H and O–H groups in total. The van der Waals surface area contributed by atoms with Gasteiger partial charge in [0.1, 0.15) is 5.52 Å². The van der Waals surface area contributed by atoms with Gasteiger partial charge in [0.15, 0.2) is 0 Å². The van der Waals surface area contributed by atoms with Crippen LogP contribution in [-0.2, 0) is 0 Å². The molecule has 1 unspecified atom stereocenters. The van der Waals surface area contributed by atoms with Gasteiger partial charge in [-0.2, -0.15) is 0 Å². The highest BCUT2D eigenvalue weighted by Gasteiger charge is 2.15. The molecule has 0 fully saturated rings. The Morgan fingerprint density at radius 1 is 1.41 bits per heavy atom. The summed E-state index contributed by atoms with van der Waals surface area (Å²) in [6.45, 7) is 6.62. The standard InChI is InChI=1S/C13H17ClN2S/c1-4-10(8(2)3)16-12-9(14)5-6-11-13(12)15-7-17-11/h5-8,10,16H,4H2,1-3H3. The maximum absolute atomic E-state index is 6.27. The number of nitrogens with zero attached hydrogens (tertiary/aromatic N) is 1. The number of thiazole rings is 1. The monoisotopic (exact) mass is 268 g/mol. The van der Waals surface area contributed by atoms with E-state index in [4.69, 9.17) is 11.6 Å². The summed E-state index contributed by atoms with van der Waals surface area (Å²) < 4.78 is 1.18. The lowest BCUT2D eigenvalue weighted by molar-refractivity contribution is 0.511. The third-order valence-electron chi connectivity index (χ3n) is 3.03. The zero-order valence-electron chi connectivity index (χ0n) is 10.3. The van der Waals surface area contributed by atoms with E-state index in [9.17, 15) is 0 Å². The molecule has 92 valence electrons. The quantitative estimate of drug-likeness (QED) is 0.862. The number of halogens is 1. The molecule has 0 saturated carbocycles. The van der Waals surface area contributed by atoms with E-state index in [-0.39, 0.29) is 0 Å². The SMILES string of the molecule is CCC(Nc1c(Cl)ccc2scnc12)C(C)C. The second-order valence-electron chi connectivity index (χ2n) is 4.52. The molecule has 0 radical (unpaired) electrons. The Balaban J connectivity index is 2.40. The number of hydrogen-bond donors (Lipinski definition) is 1. The molecule has 0 aliphatic rings. The smallest absolute Gasteiger partial charge is 0.106 e. The molecule has 0 bridgehead atoms. The van der Waals surface area contributed by atoms with E-state index >= 15 is 0 Å². The zero-order valence-corrected chi connectivity index (χ0v) is 11.9. The minimum Gasteiger partial charge on any atom is -0.379 e. The van der Waals surface area contributed by atoms with Crippen LogP contribution in [0.4, 0.5) is 5.69 Å². The molecule has 0 aliphatic heterocycles. The van der Waals surface area contributed by atoms with Gasteiger partial charge in [0.25, 0.3) is 0 Å². The molecule has 1 heterocycles. The van der Waals surface area contributed by atoms with E-state index in [0.717, 1.165) is 22.6 Å². The predicted molar refractivity (Wildman–Crippen MR) is 77.2 cm³/mol. The normalized spacial score (nSPS) is 13.2. The Kier molecular flexibility index (Phi) is 3.89. The molecule has 4 heteroatoms. The molecule has 2 rings (SSSR count). The van der Waals surface area contributed by atoms with E-state index in [2.05, 4.69) is 31.1 Å². The van der Waals surface area contributed by atoms with Crippen LogP contribution in [0.5, 0.6) is 0 Å². The summed E-state index contributed by atoms with van der Waals surface area (Å²) >= 11 is 7.91. The van der Waals surface area contributed by atoms with E-state index in [1.807, 2.05) is 17.6 Å². The van der Waals surface area contributed by atoms with Crippen LogP contribution in [0.25, 0.3) is 10.2 Å². The van der Waals surface area contributed by atoms with Gasteiger partial charge in [0.2, 0.25) is 0 Å². The molecule has 1 atom stereocenters. The summed E-state index contributed by atoms with van der Waals surface area (Å²) in [4.78, 5) is 4.40. The van der Waals surface area contributed by atoms with Crippen LogP contribution in [-0.4, -0.2) is 11.0 Å². The van der Waals surface area contributed by atoms with Crippen molar-refractivity contribution in [2.75, 3.05) is 5.32 Å². The van der Waals surface area contributed by atoms with Gasteiger partial charge in [-0.25, -0.2) is 4.98 Å². The van der Waals surface area contributed by atoms with Crippen molar-refractivity contribution < 1.29 is 0 Å². The fourth-order valence-electron chi connectivity index (χ4n) is 1.97. The molecule has 1 aromatic carbocycles. The third-order valence-corrected chi connectivity index (χ3v) is 4.13. The van der Waals surface area contributed by atoms with Gasteiger partial charge < -0.3 is 5.32 Å². The topological polar surface area (TPSA) is 24.9 Å². The first-order chi connectivity index (χ1) is 8.13. The predicted octanol–water partition coefficient (Wildman–Crippen LogP) is 4.80. The second-order valence-corrected chi connectivity index (χ2v) is 5.82. The van der Waals surface area contributed by atoms with Crippen LogP contribution in [0.1, 0.15) is 27.2 Å². The highest BCUT2D eigenvalue weighted by Crippen LogP contribution is 2.33. The first kappa shape index (κ1) is 12.7. The van der Waals surface area contributed by atoms with Crippen molar-refractivity contribution in [3.05, 3.63) is 22.7 Å². The van der Waals surface area contributed by atoms with Crippen LogP contribution in [0, 0.1) is 5.92 Å². The number of hydrogen-bond acceptors (Lipinski definition) is 3. The van der Waals surface area contributed by atoms with Gasteiger partial charge in [0, 0.05) is 6.04 Å². The summed E-state index contributed by atoms with van der Waals surface area (Å²) in [7, 11) is 0. The molecular formula is C13H17ClN2S. The first-order valence-electron chi connectivity index (χ1n) is 5.91. The van der Waals surface area contributed by atoms with Crippen molar-refractivity contribution in [1.29, 1.82) is 0 Å². The number of fused-ring (bicyclic) bond motifs is 1. The van der Waals surface area contributed by atoms with E-state index < -0.39 is 0 Å². The minimum absolute atomic E-state index is 0.430. The Labute approximate surface area is 111 Å². The Morgan fingerprint density at radius 3 is 2.82 bits per heavy atom. The fraction of sp³-hybridized carbons (Fsp3) is 0.462. The third kappa shape index (κ3) is 2.55. The van der Waals surface area contributed by atoms with Crippen LogP contribution < -0.4 is 5.32 Å². The van der Waals surface area contributed by atoms with Crippen molar-refractivity contribution in [2.24, 2.45) is 5.92 Å². The summed E-state index contributed by atoms with van der Waals surface area (Å²) in [6, 6.07) is 4.40.